The van der Waals surface area contributed by atoms with Crippen molar-refractivity contribution in [2.24, 2.45) is 0 Å². The van der Waals surface area contributed by atoms with Crippen LogP contribution in [0.1, 0.15) is 12.8 Å². The van der Waals surface area contributed by atoms with Crippen LogP contribution in [0.25, 0.3) is 0 Å². The summed E-state index contributed by atoms with van der Waals surface area (Å²) in [5, 5.41) is 19.9. The van der Waals surface area contributed by atoms with Crippen molar-refractivity contribution < 1.29 is 29.0 Å². The zero-order chi connectivity index (χ0) is 15.7. The summed E-state index contributed by atoms with van der Waals surface area (Å²) in [6, 6.07) is -1.48. The number of piperidine rings is 1. The van der Waals surface area contributed by atoms with Crippen LogP contribution in [0.4, 0.5) is 0 Å². The van der Waals surface area contributed by atoms with Gasteiger partial charge >= 0.3 is 5.97 Å². The highest BCUT2D eigenvalue weighted by atomic mass is 16.5. The van der Waals surface area contributed by atoms with Crippen LogP contribution in [-0.2, 0) is 23.9 Å². The molecule has 0 aromatic carbocycles. The number of Topliss-reactive ketones (excluding diaryl/α,β-unsaturated/α-hetero) is 1. The van der Waals surface area contributed by atoms with Gasteiger partial charge in [-0.15, -0.1) is 0 Å². The first kappa shape index (κ1) is 14.9. The lowest BCUT2D eigenvalue weighted by molar-refractivity contribution is -0.180. The summed E-state index contributed by atoms with van der Waals surface area (Å²) in [7, 11) is 1.28. The van der Waals surface area contributed by atoms with Gasteiger partial charge in [0.2, 0.25) is 11.8 Å². The van der Waals surface area contributed by atoms with E-state index in [-0.39, 0.29) is 6.42 Å². The van der Waals surface area contributed by atoms with Crippen molar-refractivity contribution in [2.45, 2.75) is 37.1 Å². The number of aliphatic carboxylic acids is 1. The summed E-state index contributed by atoms with van der Waals surface area (Å²) in [5.74, 6) is -3.37. The van der Waals surface area contributed by atoms with Crippen molar-refractivity contribution in [1.82, 2.24) is 10.2 Å². The number of fused-ring (bicyclic) bond motifs is 1. The van der Waals surface area contributed by atoms with E-state index in [1.54, 1.807) is 6.07 Å². The number of amides is 2. The molecule has 2 N–H and O–H groups in total. The lowest BCUT2D eigenvalue weighted by Gasteiger charge is -2.53. The molecule has 2 aliphatic rings. The minimum absolute atomic E-state index is 0.113. The van der Waals surface area contributed by atoms with E-state index in [2.05, 4.69) is 5.32 Å². The highest BCUT2D eigenvalue weighted by Crippen LogP contribution is 2.33. The van der Waals surface area contributed by atoms with Crippen molar-refractivity contribution in [1.29, 1.82) is 5.26 Å². The number of ketones is 1. The van der Waals surface area contributed by atoms with Crippen molar-refractivity contribution >= 4 is 23.6 Å². The van der Waals surface area contributed by atoms with Crippen LogP contribution in [0.3, 0.4) is 0 Å². The van der Waals surface area contributed by atoms with Gasteiger partial charge in [0, 0.05) is 13.5 Å². The number of nitrogens with one attached hydrogen (secondary N) is 1. The number of carbonyl (C=O) groups excluding carboxylic acids is 3. The number of carboxylic acid groups (broad SMARTS) is 1. The Hall–Kier alpha value is -2.47. The molecule has 0 radical (unpaired) electrons. The maximum Gasteiger partial charge on any atom is 0.334 e. The SMILES string of the molecule is COC1CC2C(NC(=O)CC#N)C(=O)N2C(C(=O)O)C1=O. The highest BCUT2D eigenvalue weighted by Gasteiger charge is 2.59. The standard InChI is InChI=1S/C12H13N3O6/c1-21-6-4-5-8(14-7(16)2-3-13)11(18)15(5)9(10(6)17)12(19)20/h5-6,8-9H,2,4H2,1H3,(H,14,16)(H,19,20). The second-order valence-corrected chi connectivity index (χ2v) is 4.80. The number of nitriles is 1. The van der Waals surface area contributed by atoms with Crippen molar-refractivity contribution in [3.05, 3.63) is 0 Å². The molecular weight excluding hydrogens is 282 g/mol. The minimum atomic E-state index is -1.59. The molecule has 4 atom stereocenters. The van der Waals surface area contributed by atoms with E-state index in [1.807, 2.05) is 0 Å². The van der Waals surface area contributed by atoms with Gasteiger partial charge in [0.15, 0.2) is 11.8 Å². The summed E-state index contributed by atoms with van der Waals surface area (Å²) in [6.45, 7) is 0. The molecule has 9 nitrogen and oxygen atoms in total. The molecule has 0 saturated carbocycles. The van der Waals surface area contributed by atoms with Gasteiger partial charge in [0.25, 0.3) is 0 Å². The molecule has 2 aliphatic heterocycles. The molecule has 21 heavy (non-hydrogen) atoms. The zero-order valence-electron chi connectivity index (χ0n) is 11.1. The first-order valence-electron chi connectivity index (χ1n) is 6.20. The fourth-order valence-corrected chi connectivity index (χ4v) is 2.69. The lowest BCUT2D eigenvalue weighted by atomic mass is 9.80. The Morgan fingerprint density at radius 2 is 2.19 bits per heavy atom. The van der Waals surface area contributed by atoms with E-state index in [0.29, 0.717) is 0 Å². The molecule has 2 saturated heterocycles. The third-order valence-electron chi connectivity index (χ3n) is 3.66. The van der Waals surface area contributed by atoms with Gasteiger partial charge < -0.3 is 20.1 Å². The molecule has 112 valence electrons. The molecular formula is C12H13N3O6. The predicted molar refractivity (Wildman–Crippen MR) is 64.6 cm³/mol. The van der Waals surface area contributed by atoms with Crippen LogP contribution in [0.15, 0.2) is 0 Å². The van der Waals surface area contributed by atoms with E-state index >= 15 is 0 Å². The molecule has 0 aromatic heterocycles. The van der Waals surface area contributed by atoms with Gasteiger partial charge in [-0.25, -0.2) is 4.79 Å². The van der Waals surface area contributed by atoms with Crippen molar-refractivity contribution in [3.8, 4) is 6.07 Å². The number of methoxy groups -OCH3 is 1. The maximum absolute atomic E-state index is 12.0. The molecule has 2 amide bonds. The predicted octanol–water partition coefficient (Wildman–Crippen LogP) is -1.96. The third kappa shape index (κ3) is 2.34. The Balaban J connectivity index is 2.18. The van der Waals surface area contributed by atoms with Gasteiger partial charge in [0.1, 0.15) is 18.6 Å². The number of carbonyl (C=O) groups is 4. The van der Waals surface area contributed by atoms with Gasteiger partial charge in [-0.05, 0) is 0 Å². The van der Waals surface area contributed by atoms with Crippen LogP contribution in [0.2, 0.25) is 0 Å². The smallest absolute Gasteiger partial charge is 0.334 e. The quantitative estimate of drug-likeness (QED) is 0.453. The van der Waals surface area contributed by atoms with Crippen LogP contribution in [-0.4, -0.2) is 64.9 Å². The number of β-lactam (4-membered cyclic amide) rings is 1. The fourth-order valence-electron chi connectivity index (χ4n) is 2.69. The van der Waals surface area contributed by atoms with E-state index in [4.69, 9.17) is 15.1 Å². The Kier molecular flexibility index (Phi) is 3.90. The van der Waals surface area contributed by atoms with Gasteiger partial charge in [-0.1, -0.05) is 0 Å². The molecule has 0 aromatic rings. The summed E-state index contributed by atoms with van der Waals surface area (Å²) in [4.78, 5) is 47.4. The molecule has 4 unspecified atom stereocenters. The molecule has 0 aliphatic carbocycles. The maximum atomic E-state index is 12.0. The van der Waals surface area contributed by atoms with Crippen molar-refractivity contribution in [3.63, 3.8) is 0 Å². The van der Waals surface area contributed by atoms with E-state index < -0.39 is 54.2 Å². The normalized spacial score (nSPS) is 31.0. The third-order valence-corrected chi connectivity index (χ3v) is 3.66. The fraction of sp³-hybridized carbons (Fsp3) is 0.583. The first-order valence-corrected chi connectivity index (χ1v) is 6.20. The number of hydrogen-bond acceptors (Lipinski definition) is 6. The number of rotatable bonds is 4. The average Bonchev–Trinajstić information content (AvgIpc) is 2.44. The average molecular weight is 295 g/mol. The Bertz CT molecular complexity index is 554. The van der Waals surface area contributed by atoms with Crippen LogP contribution >= 0.6 is 0 Å². The first-order chi connectivity index (χ1) is 9.92. The second kappa shape index (κ2) is 5.49. The lowest BCUT2D eigenvalue weighted by Crippen LogP contribution is -2.78. The van der Waals surface area contributed by atoms with Gasteiger partial charge in [0.05, 0.1) is 12.1 Å². The van der Waals surface area contributed by atoms with E-state index in [0.717, 1.165) is 4.90 Å². The molecule has 9 heteroatoms. The summed E-state index contributed by atoms with van der Waals surface area (Å²) in [5.41, 5.74) is 0. The summed E-state index contributed by atoms with van der Waals surface area (Å²) in [6.07, 6.45) is -1.22. The second-order valence-electron chi connectivity index (χ2n) is 4.80. The van der Waals surface area contributed by atoms with Gasteiger partial charge in [-0.3, -0.25) is 14.4 Å². The summed E-state index contributed by atoms with van der Waals surface area (Å²) >= 11 is 0. The number of nitrogens with zero attached hydrogens (tertiary/aromatic N) is 2. The molecule has 0 spiro atoms. The van der Waals surface area contributed by atoms with Crippen LogP contribution in [0, 0.1) is 11.3 Å². The molecule has 2 rings (SSSR count). The van der Waals surface area contributed by atoms with E-state index in [1.165, 1.54) is 7.11 Å². The topological polar surface area (TPSA) is 137 Å². The Morgan fingerprint density at radius 1 is 1.52 bits per heavy atom. The molecule has 2 fully saturated rings. The molecule has 2 heterocycles. The Labute approximate surface area is 119 Å². The van der Waals surface area contributed by atoms with Crippen LogP contribution < -0.4 is 5.32 Å². The summed E-state index contributed by atoms with van der Waals surface area (Å²) < 4.78 is 4.96. The molecule has 0 bridgehead atoms. The largest absolute Gasteiger partial charge is 0.479 e. The van der Waals surface area contributed by atoms with Gasteiger partial charge in [-0.2, -0.15) is 5.26 Å². The number of ether oxygens (including phenoxy) is 1. The van der Waals surface area contributed by atoms with E-state index in [9.17, 15) is 19.2 Å². The zero-order valence-corrected chi connectivity index (χ0v) is 11.1. The van der Waals surface area contributed by atoms with Crippen LogP contribution in [0.5, 0.6) is 0 Å². The van der Waals surface area contributed by atoms with Crippen molar-refractivity contribution in [2.75, 3.05) is 7.11 Å². The Morgan fingerprint density at radius 3 is 2.71 bits per heavy atom. The highest BCUT2D eigenvalue weighted by molar-refractivity contribution is 6.11. The minimum Gasteiger partial charge on any atom is -0.479 e. The number of hydrogen-bond donors (Lipinski definition) is 2. The monoisotopic (exact) mass is 295 g/mol. The number of carboxylic acids is 1.